The molecular weight excluding hydrogens is 729 g/mol. The Kier molecular flexibility index (Phi) is 14.1. The lowest BCUT2D eigenvalue weighted by Gasteiger charge is -2.10. The number of carbonyl (C=O) groups is 4. The van der Waals surface area contributed by atoms with Crippen molar-refractivity contribution in [1.82, 2.24) is 31.2 Å². The van der Waals surface area contributed by atoms with E-state index in [4.69, 9.17) is 0 Å². The second-order valence-corrected chi connectivity index (χ2v) is 15.0. The van der Waals surface area contributed by atoms with Gasteiger partial charge in [0.1, 0.15) is 22.8 Å². The van der Waals surface area contributed by atoms with Gasteiger partial charge in [0, 0.05) is 46.7 Å². The first-order chi connectivity index (χ1) is 27.7. The van der Waals surface area contributed by atoms with E-state index in [1.165, 1.54) is 0 Å². The molecule has 12 nitrogen and oxygen atoms in total. The zero-order valence-corrected chi connectivity index (χ0v) is 34.2. The van der Waals surface area contributed by atoms with E-state index < -0.39 is 0 Å². The van der Waals surface area contributed by atoms with E-state index in [0.717, 1.165) is 33.7 Å². The Bertz CT molecular complexity index is 2150. The molecule has 2 aromatic carbocycles. The van der Waals surface area contributed by atoms with E-state index in [1.54, 1.807) is 24.3 Å². The summed E-state index contributed by atoms with van der Waals surface area (Å²) in [4.78, 5) is 64.8. The highest BCUT2D eigenvalue weighted by molar-refractivity contribution is 6.45. The summed E-state index contributed by atoms with van der Waals surface area (Å²) in [6.45, 7) is 15.3. The van der Waals surface area contributed by atoms with E-state index >= 15 is 0 Å². The molecule has 0 radical (unpaired) electrons. The minimum absolute atomic E-state index is 0.0330. The van der Waals surface area contributed by atoms with Crippen molar-refractivity contribution >= 4 is 46.2 Å². The normalized spacial score (nSPS) is 14.9. The number of hydrogen-bond donors (Lipinski definition) is 6. The number of aliphatic imine (C=N–C) groups is 2. The van der Waals surface area contributed by atoms with Crippen LogP contribution in [0.2, 0.25) is 0 Å². The van der Waals surface area contributed by atoms with Gasteiger partial charge in [-0.05, 0) is 115 Å². The summed E-state index contributed by atoms with van der Waals surface area (Å²) in [6, 6.07) is 27.0. The third kappa shape index (κ3) is 11.2. The zero-order chi connectivity index (χ0) is 41.9. The quantitative estimate of drug-likeness (QED) is 0.0920. The van der Waals surface area contributed by atoms with Crippen LogP contribution < -0.4 is 21.3 Å². The number of aromatic amines is 2. The predicted octanol–water partition coefficient (Wildman–Crippen LogP) is 6.90. The van der Waals surface area contributed by atoms with Gasteiger partial charge in [-0.2, -0.15) is 0 Å². The predicted molar refractivity (Wildman–Crippen MR) is 231 cm³/mol. The summed E-state index contributed by atoms with van der Waals surface area (Å²) in [5, 5.41) is 11.5. The van der Waals surface area contributed by atoms with Gasteiger partial charge in [-0.3, -0.25) is 19.2 Å². The average molecular weight is 781 g/mol. The second kappa shape index (κ2) is 19.4. The smallest absolute Gasteiger partial charge is 0.270 e. The molecule has 12 heteroatoms. The molecule has 300 valence electrons. The number of nitrogens with zero attached hydrogens (tertiary/aromatic N) is 2. The van der Waals surface area contributed by atoms with Crippen LogP contribution in [-0.4, -0.2) is 69.2 Å². The van der Waals surface area contributed by atoms with Crippen molar-refractivity contribution in [2.45, 2.75) is 79.6 Å². The van der Waals surface area contributed by atoms with Crippen LogP contribution in [0.5, 0.6) is 0 Å². The first-order valence-electron chi connectivity index (χ1n) is 19.4. The summed E-state index contributed by atoms with van der Waals surface area (Å²) in [7, 11) is 0. The highest BCUT2D eigenvalue weighted by atomic mass is 16.2. The molecule has 58 heavy (non-hydrogen) atoms. The molecule has 0 aliphatic carbocycles. The molecular formula is C46H52N8O4. The van der Waals surface area contributed by atoms with Gasteiger partial charge in [0.15, 0.2) is 0 Å². The van der Waals surface area contributed by atoms with Crippen LogP contribution in [-0.2, 0) is 9.59 Å². The molecule has 0 bridgehead atoms. The van der Waals surface area contributed by atoms with Crippen LogP contribution in [0.15, 0.2) is 131 Å². The van der Waals surface area contributed by atoms with Crippen molar-refractivity contribution < 1.29 is 19.2 Å². The fourth-order valence-electron chi connectivity index (χ4n) is 6.05. The molecule has 2 aliphatic rings. The van der Waals surface area contributed by atoms with Gasteiger partial charge in [0.2, 0.25) is 0 Å². The topological polar surface area (TPSA) is 173 Å². The van der Waals surface area contributed by atoms with Gasteiger partial charge >= 0.3 is 0 Å². The summed E-state index contributed by atoms with van der Waals surface area (Å²) in [6.07, 6.45) is 7.08. The summed E-state index contributed by atoms with van der Waals surface area (Å²) in [5.41, 5.74) is 8.10. The van der Waals surface area contributed by atoms with Crippen LogP contribution in [0, 0.1) is 0 Å². The van der Waals surface area contributed by atoms with Gasteiger partial charge in [-0.1, -0.05) is 60.7 Å². The summed E-state index contributed by atoms with van der Waals surface area (Å²) >= 11 is 0. The zero-order valence-electron chi connectivity index (χ0n) is 34.2. The molecule has 0 spiro atoms. The van der Waals surface area contributed by atoms with Crippen molar-refractivity contribution in [2.75, 3.05) is 0 Å². The van der Waals surface area contributed by atoms with E-state index in [0.29, 0.717) is 34.2 Å². The van der Waals surface area contributed by atoms with Crippen LogP contribution in [0.3, 0.4) is 0 Å². The maximum Gasteiger partial charge on any atom is 0.270 e. The number of H-pyrrole nitrogens is 2. The van der Waals surface area contributed by atoms with Gasteiger partial charge in [-0.25, -0.2) is 9.98 Å². The number of amides is 4. The van der Waals surface area contributed by atoms with Gasteiger partial charge < -0.3 is 31.2 Å². The van der Waals surface area contributed by atoms with Crippen LogP contribution in [0.1, 0.15) is 98.9 Å². The Balaban J connectivity index is 0.000000221. The number of allylic oxidation sites excluding steroid dienone is 2. The lowest BCUT2D eigenvalue weighted by atomic mass is 10.0. The molecule has 0 fully saturated rings. The van der Waals surface area contributed by atoms with Gasteiger partial charge in [-0.15, -0.1) is 0 Å². The highest BCUT2D eigenvalue weighted by Gasteiger charge is 2.22. The molecule has 6 rings (SSSR count). The third-order valence-electron chi connectivity index (χ3n) is 8.46. The number of aromatic nitrogens is 2. The molecule has 0 saturated carbocycles. The van der Waals surface area contributed by atoms with Gasteiger partial charge in [0.05, 0.1) is 11.4 Å². The monoisotopic (exact) mass is 780 g/mol. The summed E-state index contributed by atoms with van der Waals surface area (Å²) in [5.74, 6) is -0.735. The minimum atomic E-state index is -0.206. The largest absolute Gasteiger partial charge is 0.350 e. The highest BCUT2D eigenvalue weighted by Crippen LogP contribution is 2.31. The fraction of sp³-hybridized carbons (Fsp3) is 0.261. The summed E-state index contributed by atoms with van der Waals surface area (Å²) < 4.78 is 0. The number of carbonyl (C=O) groups excluding carboxylic acids is 4. The standard InChI is InChI=1S/2C23H26N4O2/c2*1-14(2)24-22(28)19-12-10-17(26-19)21(16-8-6-5-7-9-16)18-11-13-20(27-18)23(29)25-15(3)4/h2*5-15,26H,1-4H3,(H,24,28)(H,25,29)/b2*21-18-. The molecule has 2 aliphatic heterocycles. The van der Waals surface area contributed by atoms with E-state index in [2.05, 4.69) is 41.2 Å². The number of nitrogens with one attached hydrogen (secondary N) is 6. The Hall–Kier alpha value is -6.82. The van der Waals surface area contributed by atoms with Crippen molar-refractivity contribution in [3.05, 3.63) is 155 Å². The van der Waals surface area contributed by atoms with Crippen molar-refractivity contribution in [3.63, 3.8) is 0 Å². The Morgan fingerprint density at radius 3 is 1.05 bits per heavy atom. The van der Waals surface area contributed by atoms with E-state index in [1.807, 2.05) is 140 Å². The average Bonchev–Trinajstić information content (AvgIpc) is 4.01. The molecule has 0 atom stereocenters. The Morgan fingerprint density at radius 2 is 0.724 bits per heavy atom. The van der Waals surface area contributed by atoms with E-state index in [-0.39, 0.29) is 47.8 Å². The van der Waals surface area contributed by atoms with E-state index in [9.17, 15) is 19.2 Å². The molecule has 4 heterocycles. The fourth-order valence-corrected chi connectivity index (χ4v) is 6.05. The number of rotatable bonds is 12. The lowest BCUT2D eigenvalue weighted by Crippen LogP contribution is -2.34. The second-order valence-electron chi connectivity index (χ2n) is 15.0. The van der Waals surface area contributed by atoms with Crippen LogP contribution >= 0.6 is 0 Å². The third-order valence-corrected chi connectivity index (χ3v) is 8.46. The maximum atomic E-state index is 12.3. The molecule has 2 aromatic heterocycles. The van der Waals surface area contributed by atoms with Gasteiger partial charge in [0.25, 0.3) is 23.6 Å². The van der Waals surface area contributed by atoms with Crippen molar-refractivity contribution in [3.8, 4) is 0 Å². The number of benzene rings is 2. The minimum Gasteiger partial charge on any atom is -0.350 e. The first-order valence-corrected chi connectivity index (χ1v) is 19.4. The van der Waals surface area contributed by atoms with Crippen molar-refractivity contribution in [1.29, 1.82) is 0 Å². The Labute approximate surface area is 339 Å². The first kappa shape index (κ1) is 42.3. The Morgan fingerprint density at radius 1 is 0.414 bits per heavy atom. The van der Waals surface area contributed by atoms with Crippen LogP contribution in [0.25, 0.3) is 11.1 Å². The maximum absolute atomic E-state index is 12.3. The molecule has 0 unspecified atom stereocenters. The number of hydrogen-bond acceptors (Lipinski definition) is 6. The SMILES string of the molecule is CC(C)NC(=O)C1=N/C(=C(/c2ccccc2)c2ccc(C(=O)NC(C)C)[nH]2)C=C1.CC(C)NC(=O)C1=N/C(=C(/c2ccccc2)c2ccc(C(=O)NC(C)C)[nH]2)C=C1. The molecule has 6 N–H and O–H groups in total. The van der Waals surface area contributed by atoms with Crippen molar-refractivity contribution in [2.24, 2.45) is 9.98 Å². The molecule has 0 saturated heterocycles. The van der Waals surface area contributed by atoms with Crippen LogP contribution in [0.4, 0.5) is 0 Å². The molecule has 4 amide bonds. The lowest BCUT2D eigenvalue weighted by molar-refractivity contribution is -0.116. The molecule has 4 aromatic rings.